The number of benzene rings is 9. The molecule has 0 saturated heterocycles. The summed E-state index contributed by atoms with van der Waals surface area (Å²) in [5.41, 5.74) is -5.68. The van der Waals surface area contributed by atoms with Crippen LogP contribution in [0.4, 0.5) is 0 Å². The Balaban J connectivity index is 1.06. The molecule has 6 heteroatoms. The maximum absolute atomic E-state index is 10.2. The van der Waals surface area contributed by atoms with E-state index in [-0.39, 0.29) is 49.0 Å². The lowest BCUT2D eigenvalue weighted by atomic mass is 10.0. The van der Waals surface area contributed by atoms with Crippen molar-refractivity contribution in [2.75, 3.05) is 0 Å². The van der Waals surface area contributed by atoms with Gasteiger partial charge in [0, 0.05) is 65.0 Å². The fourth-order valence-electron chi connectivity index (χ4n) is 8.25. The lowest BCUT2D eigenvalue weighted by Crippen LogP contribution is -1.95. The Hall–Kier alpha value is -8.32. The van der Waals surface area contributed by atoms with Crippen LogP contribution in [0.3, 0.4) is 0 Å². The third-order valence-corrected chi connectivity index (χ3v) is 12.1. The average Bonchev–Trinajstić information content (AvgIpc) is 1.53. The highest BCUT2D eigenvalue weighted by Gasteiger charge is 2.19. The van der Waals surface area contributed by atoms with Crippen LogP contribution in [0.25, 0.3) is 125 Å². The van der Waals surface area contributed by atoms with Gasteiger partial charge < -0.3 is 13.7 Å². The van der Waals surface area contributed by atoms with Gasteiger partial charge in [-0.3, -0.25) is 0 Å². The quantitative estimate of drug-likeness (QED) is 0.173. The van der Waals surface area contributed by atoms with Gasteiger partial charge in [0.25, 0.3) is 0 Å². The fourth-order valence-corrected chi connectivity index (χ4v) is 9.39. The van der Waals surface area contributed by atoms with E-state index in [4.69, 9.17) is 26.0 Å². The summed E-state index contributed by atoms with van der Waals surface area (Å²) in [6, 6.07) is -17.8. The highest BCUT2D eigenvalue weighted by molar-refractivity contribution is 7.26. The van der Waals surface area contributed by atoms with Crippen molar-refractivity contribution in [2.24, 2.45) is 0 Å². The summed E-state index contributed by atoms with van der Waals surface area (Å²) >= 11 is 1.06. The summed E-state index contributed by atoms with van der Waals surface area (Å²) in [7, 11) is 0. The lowest BCUT2D eigenvalue weighted by Gasteiger charge is -2.11. The molecule has 0 bridgehead atoms. The van der Waals surface area contributed by atoms with Gasteiger partial charge in [-0.05, 0) is 95.8 Å². The van der Waals surface area contributed by atoms with Crippen LogP contribution in [-0.4, -0.2) is 23.7 Å². The van der Waals surface area contributed by atoms with E-state index in [2.05, 4.69) is 9.97 Å². The molecule has 0 aliphatic carbocycles. The van der Waals surface area contributed by atoms with Crippen LogP contribution < -0.4 is 0 Å². The highest BCUT2D eigenvalue weighted by atomic mass is 32.1. The molecule has 64 heavy (non-hydrogen) atoms. The van der Waals surface area contributed by atoms with Crippen molar-refractivity contribution in [3.05, 3.63) is 212 Å². The van der Waals surface area contributed by atoms with E-state index in [0.717, 1.165) is 32.9 Å². The van der Waals surface area contributed by atoms with E-state index < -0.39 is 247 Å². The lowest BCUT2D eigenvalue weighted by molar-refractivity contribution is 1.17. The molecular formula is C58H35N5S. The minimum atomic E-state index is -1.01. The second-order valence-corrected chi connectivity index (χ2v) is 15.3. The number of aromatic nitrogens is 5. The van der Waals surface area contributed by atoms with Crippen molar-refractivity contribution < 1.29 is 41.1 Å². The van der Waals surface area contributed by atoms with Gasteiger partial charge in [0.15, 0.2) is 0 Å². The predicted molar refractivity (Wildman–Crippen MR) is 269 cm³/mol. The molecule has 9 aromatic carbocycles. The predicted octanol–water partition coefficient (Wildman–Crippen LogP) is 15.5. The minimum absolute atomic E-state index is 0.108. The molecule has 14 rings (SSSR count). The van der Waals surface area contributed by atoms with Crippen LogP contribution in [0.1, 0.15) is 41.1 Å². The van der Waals surface area contributed by atoms with Gasteiger partial charge in [-0.15, -0.1) is 11.3 Å². The molecule has 0 amide bonds. The van der Waals surface area contributed by atoms with Gasteiger partial charge in [-0.25, -0.2) is 9.97 Å². The van der Waals surface area contributed by atoms with Crippen LogP contribution in [0, 0.1) is 0 Å². The second kappa shape index (κ2) is 13.6. The summed E-state index contributed by atoms with van der Waals surface area (Å²) in [6.45, 7) is 0. The van der Waals surface area contributed by atoms with Crippen molar-refractivity contribution in [3.8, 4) is 39.4 Å². The Morgan fingerprint density at radius 1 is 0.391 bits per heavy atom. The summed E-state index contributed by atoms with van der Waals surface area (Å²) in [4.78, 5) is 9.12. The molecule has 5 nitrogen and oxygen atoms in total. The van der Waals surface area contributed by atoms with Crippen molar-refractivity contribution in [2.45, 2.75) is 0 Å². The van der Waals surface area contributed by atoms with E-state index in [9.17, 15) is 15.1 Å². The van der Waals surface area contributed by atoms with Gasteiger partial charge in [-0.1, -0.05) is 121 Å². The largest absolute Gasteiger partial charge is 0.309 e. The maximum atomic E-state index is 10.2. The standard InChI is InChI=1S/C58H35N5S/c1-2-14-39(15-3-1)61-52-24-11-7-20-45(52)47-32-36(26-29-53(47)61)37-25-28-46-44-19-6-10-23-51(44)63(54(46)33-37)40-16-12-13-38(31-40)56-58-57(60-35-59-56)48-34-41(27-30-55(48)64-58)62-49-21-8-4-17-42(49)43-18-5-9-22-50(43)62/h1-35H/i1D,2D,3D,4D,5D,6D,7D,8D,9D,10D,11D,13D,14D,15D,16D,17D,18D,19D,20D,21D,22D,23D,24D,25D,26D,28D,29D,31D,32D,33D. The molecule has 5 aromatic heterocycles. The fraction of sp³-hybridized carbons (Fsp3) is 0. The van der Waals surface area contributed by atoms with Gasteiger partial charge in [-0.2, -0.15) is 0 Å². The van der Waals surface area contributed by atoms with Gasteiger partial charge >= 0.3 is 0 Å². The zero-order valence-electron chi connectivity index (χ0n) is 62.0. The number of fused-ring (bicyclic) bond motifs is 12. The minimum Gasteiger partial charge on any atom is -0.309 e. The number of rotatable bonds is 5. The van der Waals surface area contributed by atoms with Gasteiger partial charge in [0.05, 0.1) is 90.1 Å². The smallest absolute Gasteiger partial charge is 0.116 e. The van der Waals surface area contributed by atoms with Crippen molar-refractivity contribution in [1.82, 2.24) is 23.7 Å². The molecule has 0 radical (unpaired) electrons. The number of nitrogens with zero attached hydrogens (tertiary/aromatic N) is 5. The highest BCUT2D eigenvalue weighted by Crippen LogP contribution is 2.42. The Kier molecular flexibility index (Phi) is 3.63. The molecular weight excluding hydrogens is 799 g/mol. The number of para-hydroxylation sites is 5. The third-order valence-electron chi connectivity index (χ3n) is 10.9. The molecule has 0 unspecified atom stereocenters. The topological polar surface area (TPSA) is 40.6 Å². The summed E-state index contributed by atoms with van der Waals surface area (Å²) in [5, 5.41) is -2.12. The molecule has 0 aliphatic rings. The average molecular weight is 864 g/mol. The Bertz CT molecular complexity index is 5900. The van der Waals surface area contributed by atoms with E-state index in [1.54, 1.807) is 18.2 Å². The molecule has 298 valence electrons. The molecule has 0 fully saturated rings. The van der Waals surface area contributed by atoms with Crippen LogP contribution >= 0.6 is 11.3 Å². The molecule has 5 heterocycles. The van der Waals surface area contributed by atoms with Crippen molar-refractivity contribution in [3.63, 3.8) is 0 Å². The van der Waals surface area contributed by atoms with E-state index in [1.807, 2.05) is 0 Å². The maximum Gasteiger partial charge on any atom is 0.116 e. The SMILES string of the molecule is [2H]c1cc([2H])c(-n2c3c([2H])c([2H])c([2H])c([2H])c3c3c([2H])c([2H])c(-c4c([2H])c([2H])c5c(c4[2H])c4c([2H])c([2H])c([2H])c([2H])c4n5-c4c([2H])c([2H])c([2H])c([2H])c4[2H])c([2H])c32)c([2H])c1-c1ncnc2c1sc1ccc(-n3c4c([2H])c([2H])c([2H])c([2H])c4c4c([2H])c([2H])c([2H])c([2H])c43)cc12. The summed E-state index contributed by atoms with van der Waals surface area (Å²) < 4.78 is 277. The van der Waals surface area contributed by atoms with Crippen molar-refractivity contribution in [1.29, 1.82) is 0 Å². The van der Waals surface area contributed by atoms with Crippen LogP contribution in [0.5, 0.6) is 0 Å². The molecule has 0 saturated carbocycles. The van der Waals surface area contributed by atoms with E-state index >= 15 is 0 Å². The van der Waals surface area contributed by atoms with Crippen molar-refractivity contribution >= 4 is 97.1 Å². The monoisotopic (exact) mass is 863 g/mol. The molecule has 14 aromatic rings. The first kappa shape index (κ1) is 17.1. The zero-order chi connectivity index (χ0) is 68.0. The Labute approximate surface area is 413 Å². The molecule has 0 atom stereocenters. The first-order valence-electron chi connectivity index (χ1n) is 34.2. The van der Waals surface area contributed by atoms with E-state index in [1.165, 1.54) is 4.57 Å². The number of hydrogen-bond donors (Lipinski definition) is 0. The normalized spacial score (nSPS) is 18.6. The number of thiophene rings is 1. The van der Waals surface area contributed by atoms with Gasteiger partial charge in [0.2, 0.25) is 0 Å². The van der Waals surface area contributed by atoms with E-state index in [0.29, 0.717) is 10.1 Å². The molecule has 0 N–H and O–H groups in total. The summed E-state index contributed by atoms with van der Waals surface area (Å²) in [6.07, 6.45) is 1.10. The second-order valence-electron chi connectivity index (χ2n) is 14.3. The molecule has 0 aliphatic heterocycles. The van der Waals surface area contributed by atoms with Gasteiger partial charge in [0.1, 0.15) is 6.33 Å². The first-order valence-corrected chi connectivity index (χ1v) is 20.0. The number of hydrogen-bond acceptors (Lipinski definition) is 3. The van der Waals surface area contributed by atoms with Crippen LogP contribution in [0.15, 0.2) is 212 Å². The van der Waals surface area contributed by atoms with Crippen LogP contribution in [-0.2, 0) is 0 Å². The molecule has 0 spiro atoms. The Morgan fingerprint density at radius 3 is 1.66 bits per heavy atom. The zero-order valence-corrected chi connectivity index (χ0v) is 32.8. The van der Waals surface area contributed by atoms with Crippen LogP contribution in [0.2, 0.25) is 0 Å². The third kappa shape index (κ3) is 5.11. The first-order chi connectivity index (χ1) is 44.2. The summed E-state index contributed by atoms with van der Waals surface area (Å²) in [5.74, 6) is 0. The Morgan fingerprint density at radius 2 is 0.953 bits per heavy atom.